The fraction of sp³-hybridized carbons (Fsp3) is 0.364. The number of methoxy groups -OCH3 is 1. The quantitative estimate of drug-likeness (QED) is 0.235. The Balaban J connectivity index is 1.50. The number of hydrogen-bond donors (Lipinski definition) is 2. The minimum absolute atomic E-state index is 0.253. The second-order valence-electron chi connectivity index (χ2n) is 11.6. The van der Waals surface area contributed by atoms with Crippen LogP contribution in [0.25, 0.3) is 32.8 Å². The predicted molar refractivity (Wildman–Crippen MR) is 162 cm³/mol. The molecule has 8 nitrogen and oxygen atoms in total. The lowest BCUT2D eigenvalue weighted by Crippen LogP contribution is -2.59. The van der Waals surface area contributed by atoms with Gasteiger partial charge in [-0.15, -0.1) is 0 Å². The summed E-state index contributed by atoms with van der Waals surface area (Å²) in [6.07, 6.45) is -12.1. The fourth-order valence-electron chi connectivity index (χ4n) is 6.39. The summed E-state index contributed by atoms with van der Waals surface area (Å²) in [6.45, 7) is -2.71. The van der Waals surface area contributed by atoms with Gasteiger partial charge in [0.1, 0.15) is 17.2 Å². The van der Waals surface area contributed by atoms with Crippen molar-refractivity contribution in [1.29, 1.82) is 0 Å². The van der Waals surface area contributed by atoms with Crippen LogP contribution in [0.1, 0.15) is 18.4 Å². The van der Waals surface area contributed by atoms with Gasteiger partial charge in [-0.3, -0.25) is 14.5 Å². The number of carbonyl (C=O) groups is 2. The molecule has 2 N–H and O–H groups in total. The van der Waals surface area contributed by atoms with Crippen molar-refractivity contribution in [2.24, 2.45) is 12.5 Å². The SMILES string of the molecule is COc1c(-c2cccc3c(C[C@H](NC(=O)C4(C(F)(F)F)CCN(CC(F)(F)F)CC4)C(=O)O)cccc23)c(=O)n(C)c2ccccc12. The Bertz CT molecular complexity index is 1890. The average Bonchev–Trinajstić information content (AvgIpc) is 3.01. The van der Waals surface area contributed by atoms with Gasteiger partial charge in [0.2, 0.25) is 5.91 Å². The number of aromatic nitrogens is 1. The topological polar surface area (TPSA) is 101 Å². The molecule has 47 heavy (non-hydrogen) atoms. The highest BCUT2D eigenvalue weighted by Gasteiger charge is 2.61. The van der Waals surface area contributed by atoms with Gasteiger partial charge >= 0.3 is 18.3 Å². The highest BCUT2D eigenvalue weighted by Crippen LogP contribution is 2.47. The number of nitrogens with zero attached hydrogens (tertiary/aromatic N) is 2. The number of aliphatic carboxylic acids is 1. The van der Waals surface area contributed by atoms with E-state index in [2.05, 4.69) is 0 Å². The first-order valence-electron chi connectivity index (χ1n) is 14.6. The number of alkyl halides is 6. The molecule has 0 aliphatic carbocycles. The van der Waals surface area contributed by atoms with Crippen molar-refractivity contribution in [3.63, 3.8) is 0 Å². The molecule has 0 unspecified atom stereocenters. The molecule has 1 saturated heterocycles. The standard InChI is InChI=1S/C33H31F6N3O5/c1-41-25-12-4-3-8-23(25)27(47-2)26(28(41)43)22-11-6-9-20-19(7-5-10-21(20)22)17-24(29(44)45)40-30(46)31(33(37,38)39)13-15-42(16-14-31)18-32(34,35)36/h3-12,24H,13-18H2,1-2H3,(H,40,46)(H,44,45)/t24-/m0/s1. The summed E-state index contributed by atoms with van der Waals surface area (Å²) in [7, 11) is 3.06. The molecular weight excluding hydrogens is 632 g/mol. The van der Waals surface area contributed by atoms with Crippen molar-refractivity contribution in [2.45, 2.75) is 37.7 Å². The number of aryl methyl sites for hydroxylation is 1. The molecule has 3 aromatic carbocycles. The number of carbonyl (C=O) groups excluding carboxylic acids is 1. The van der Waals surface area contributed by atoms with Gasteiger partial charge < -0.3 is 19.7 Å². The number of rotatable bonds is 8. The van der Waals surface area contributed by atoms with Gasteiger partial charge in [-0.2, -0.15) is 26.3 Å². The third-order valence-corrected chi connectivity index (χ3v) is 8.86. The van der Waals surface area contributed by atoms with Gasteiger partial charge in [0.25, 0.3) is 5.56 Å². The number of hydrogen-bond acceptors (Lipinski definition) is 5. The summed E-state index contributed by atoms with van der Waals surface area (Å²) >= 11 is 0. The average molecular weight is 664 g/mol. The molecule has 250 valence electrons. The number of ether oxygens (including phenoxy) is 1. The molecule has 2 heterocycles. The molecule has 0 spiro atoms. The Morgan fingerprint density at radius 1 is 0.936 bits per heavy atom. The Kier molecular flexibility index (Phi) is 9.01. The molecule has 0 saturated carbocycles. The Hall–Kier alpha value is -4.59. The first-order valence-corrected chi connectivity index (χ1v) is 14.6. The lowest BCUT2D eigenvalue weighted by Gasteiger charge is -2.42. The van der Waals surface area contributed by atoms with Crippen molar-refractivity contribution < 1.29 is 45.8 Å². The van der Waals surface area contributed by atoms with Gasteiger partial charge in [-0.25, -0.2) is 4.79 Å². The van der Waals surface area contributed by atoms with Crippen molar-refractivity contribution in [2.75, 3.05) is 26.7 Å². The van der Waals surface area contributed by atoms with Crippen LogP contribution >= 0.6 is 0 Å². The maximum absolute atomic E-state index is 14.3. The molecule has 1 aliphatic rings. The zero-order valence-electron chi connectivity index (χ0n) is 25.3. The maximum Gasteiger partial charge on any atom is 0.403 e. The van der Waals surface area contributed by atoms with Gasteiger partial charge in [-0.1, -0.05) is 48.5 Å². The van der Waals surface area contributed by atoms with Crippen molar-refractivity contribution in [1.82, 2.24) is 14.8 Å². The molecule has 0 radical (unpaired) electrons. The van der Waals surface area contributed by atoms with E-state index < -0.39 is 74.6 Å². The maximum atomic E-state index is 14.3. The predicted octanol–water partition coefficient (Wildman–Crippen LogP) is 5.69. The van der Waals surface area contributed by atoms with Crippen LogP contribution in [0.4, 0.5) is 26.3 Å². The number of amides is 1. The van der Waals surface area contributed by atoms with E-state index in [9.17, 15) is 45.8 Å². The molecule has 5 rings (SSSR count). The molecule has 14 heteroatoms. The summed E-state index contributed by atoms with van der Waals surface area (Å²) in [5.74, 6) is -2.87. The fourth-order valence-corrected chi connectivity index (χ4v) is 6.39. The van der Waals surface area contributed by atoms with E-state index in [1.165, 1.54) is 11.7 Å². The Morgan fingerprint density at radius 3 is 2.17 bits per heavy atom. The van der Waals surface area contributed by atoms with Crippen LogP contribution in [-0.4, -0.2) is 71.6 Å². The number of benzene rings is 3. The molecule has 0 bridgehead atoms. The normalized spacial score (nSPS) is 16.3. The molecule has 1 fully saturated rings. The van der Waals surface area contributed by atoms with Crippen molar-refractivity contribution in [3.05, 3.63) is 76.6 Å². The van der Waals surface area contributed by atoms with Crippen LogP contribution in [-0.2, 0) is 23.1 Å². The summed E-state index contributed by atoms with van der Waals surface area (Å²) in [4.78, 5) is 40.0. The first-order chi connectivity index (χ1) is 22.1. The number of fused-ring (bicyclic) bond motifs is 2. The highest BCUT2D eigenvalue weighted by atomic mass is 19.4. The number of pyridine rings is 1. The van der Waals surface area contributed by atoms with Crippen LogP contribution in [0.3, 0.4) is 0 Å². The Morgan fingerprint density at radius 2 is 1.55 bits per heavy atom. The number of piperidine rings is 1. The second kappa shape index (κ2) is 12.5. The minimum Gasteiger partial charge on any atom is -0.495 e. The lowest BCUT2D eigenvalue weighted by molar-refractivity contribution is -0.236. The molecular formula is C33H31F6N3O5. The van der Waals surface area contributed by atoms with Crippen molar-refractivity contribution >= 4 is 33.6 Å². The smallest absolute Gasteiger partial charge is 0.403 e. The van der Waals surface area contributed by atoms with Crippen LogP contribution in [0.2, 0.25) is 0 Å². The van der Waals surface area contributed by atoms with Crippen LogP contribution in [0.5, 0.6) is 5.75 Å². The van der Waals surface area contributed by atoms with Gasteiger partial charge in [0.15, 0.2) is 0 Å². The number of halogens is 6. The molecule has 4 aromatic rings. The summed E-state index contributed by atoms with van der Waals surface area (Å²) in [5, 5.41) is 13.7. The van der Waals surface area contributed by atoms with E-state index in [1.807, 2.05) is 11.4 Å². The van der Waals surface area contributed by atoms with Gasteiger partial charge in [0.05, 0.1) is 24.7 Å². The summed E-state index contributed by atoms with van der Waals surface area (Å²) in [6, 6.07) is 15.3. The molecule has 1 aromatic heterocycles. The van der Waals surface area contributed by atoms with E-state index in [1.54, 1.807) is 61.6 Å². The summed E-state index contributed by atoms with van der Waals surface area (Å²) < 4.78 is 88.7. The van der Waals surface area contributed by atoms with Crippen LogP contribution in [0, 0.1) is 5.41 Å². The van der Waals surface area contributed by atoms with Gasteiger partial charge in [0, 0.05) is 18.9 Å². The summed E-state index contributed by atoms with van der Waals surface area (Å²) in [5.41, 5.74) is -1.67. The zero-order chi connectivity index (χ0) is 34.3. The third kappa shape index (κ3) is 6.38. The number of carboxylic acid groups (broad SMARTS) is 1. The second-order valence-corrected chi connectivity index (χ2v) is 11.6. The minimum atomic E-state index is -5.14. The van der Waals surface area contributed by atoms with E-state index in [0.29, 0.717) is 38.6 Å². The zero-order valence-corrected chi connectivity index (χ0v) is 25.3. The molecule has 1 aliphatic heterocycles. The van der Waals surface area contributed by atoms with E-state index in [-0.39, 0.29) is 11.1 Å². The Labute approximate surface area is 264 Å². The molecule has 1 atom stereocenters. The monoisotopic (exact) mass is 663 g/mol. The van der Waals surface area contributed by atoms with E-state index in [4.69, 9.17) is 4.74 Å². The number of likely N-dealkylation sites (tertiary alicyclic amines) is 1. The van der Waals surface area contributed by atoms with Gasteiger partial charge in [-0.05, 0) is 60.0 Å². The number of carboxylic acids is 1. The number of nitrogens with one attached hydrogen (secondary N) is 1. The lowest BCUT2D eigenvalue weighted by atomic mass is 9.76. The highest BCUT2D eigenvalue weighted by molar-refractivity contribution is 6.03. The largest absolute Gasteiger partial charge is 0.495 e. The number of para-hydroxylation sites is 1. The molecule has 1 amide bonds. The van der Waals surface area contributed by atoms with Crippen LogP contribution in [0.15, 0.2) is 65.5 Å². The van der Waals surface area contributed by atoms with Crippen LogP contribution < -0.4 is 15.6 Å². The third-order valence-electron chi connectivity index (χ3n) is 8.86. The van der Waals surface area contributed by atoms with E-state index >= 15 is 0 Å². The van der Waals surface area contributed by atoms with E-state index in [0.717, 1.165) is 4.90 Å². The first kappa shape index (κ1) is 33.8. The van der Waals surface area contributed by atoms with Crippen molar-refractivity contribution in [3.8, 4) is 16.9 Å².